The van der Waals surface area contributed by atoms with Gasteiger partial charge in [-0.25, -0.2) is 4.79 Å². The maximum Gasteiger partial charge on any atom is 0.348 e. The molecule has 1 saturated heterocycles. The van der Waals surface area contributed by atoms with Crippen molar-refractivity contribution in [3.05, 3.63) is 27.4 Å². The quantitative estimate of drug-likeness (QED) is 0.799. The van der Waals surface area contributed by atoms with Crippen molar-refractivity contribution in [1.82, 2.24) is 14.9 Å². The van der Waals surface area contributed by atoms with E-state index in [1.165, 1.54) is 4.57 Å². The van der Waals surface area contributed by atoms with E-state index < -0.39 is 11.7 Å². The molecule has 0 bridgehead atoms. The summed E-state index contributed by atoms with van der Waals surface area (Å²) in [5.74, 6) is -1.06. The van der Waals surface area contributed by atoms with Crippen molar-refractivity contribution in [2.45, 2.75) is 45.6 Å². The summed E-state index contributed by atoms with van der Waals surface area (Å²) in [4.78, 5) is 38.8. The first kappa shape index (κ1) is 15.2. The predicted molar refractivity (Wildman–Crippen MR) is 75.3 cm³/mol. The van der Waals surface area contributed by atoms with Gasteiger partial charge in [0.1, 0.15) is 0 Å². The van der Waals surface area contributed by atoms with Gasteiger partial charge in [0.2, 0.25) is 5.91 Å². The molecule has 1 aromatic rings. The Kier molecular flexibility index (Phi) is 4.40. The van der Waals surface area contributed by atoms with E-state index >= 15 is 0 Å². The highest BCUT2D eigenvalue weighted by Gasteiger charge is 2.28. The van der Waals surface area contributed by atoms with E-state index in [1.807, 2.05) is 13.8 Å². The third-order valence-electron chi connectivity index (χ3n) is 3.74. The highest BCUT2D eigenvalue weighted by molar-refractivity contribution is 5.78. The van der Waals surface area contributed by atoms with E-state index in [4.69, 9.17) is 5.11 Å². The highest BCUT2D eigenvalue weighted by Crippen LogP contribution is 2.21. The van der Waals surface area contributed by atoms with E-state index in [2.05, 4.69) is 10.3 Å². The summed E-state index contributed by atoms with van der Waals surface area (Å²) in [7, 11) is 0. The molecule has 0 saturated carbocycles. The van der Waals surface area contributed by atoms with Crippen LogP contribution in [0, 0.1) is 0 Å². The molecule has 1 unspecified atom stereocenters. The van der Waals surface area contributed by atoms with Gasteiger partial charge in [-0.05, 0) is 12.8 Å². The van der Waals surface area contributed by atoms with Crippen molar-refractivity contribution in [2.24, 2.45) is 0 Å². The number of nitrogens with one attached hydrogen (secondary N) is 1. The summed E-state index contributed by atoms with van der Waals surface area (Å²) >= 11 is 0. The van der Waals surface area contributed by atoms with Crippen molar-refractivity contribution in [3.63, 3.8) is 0 Å². The van der Waals surface area contributed by atoms with Crippen molar-refractivity contribution in [2.75, 3.05) is 6.54 Å². The Morgan fingerprint density at radius 2 is 2.10 bits per heavy atom. The molecule has 7 nitrogen and oxygen atoms in total. The minimum atomic E-state index is -0.952. The van der Waals surface area contributed by atoms with Crippen LogP contribution in [0.1, 0.15) is 43.3 Å². The Morgan fingerprint density at radius 1 is 1.38 bits per heavy atom. The van der Waals surface area contributed by atoms with E-state index in [0.717, 1.165) is 0 Å². The molecule has 2 N–H and O–H groups in total. The highest BCUT2D eigenvalue weighted by atomic mass is 16.4. The van der Waals surface area contributed by atoms with Gasteiger partial charge in [0.15, 0.2) is 0 Å². The number of hydrogen-bond acceptors (Lipinski definition) is 4. The molecule has 1 aliphatic rings. The molecule has 1 aliphatic heterocycles. The molecule has 1 fully saturated rings. The van der Waals surface area contributed by atoms with Gasteiger partial charge in [-0.15, -0.1) is 0 Å². The number of aryl methyl sites for hydroxylation is 1. The summed E-state index contributed by atoms with van der Waals surface area (Å²) in [5.41, 5.74) is 1.41. The van der Waals surface area contributed by atoms with Crippen LogP contribution >= 0.6 is 0 Å². The summed E-state index contributed by atoms with van der Waals surface area (Å²) in [6.07, 6.45) is 1.10. The SMILES string of the molecule is CCc1nc(=O)n(C2CNC(=O)C2)c(CC)c1CC(=O)O. The zero-order chi connectivity index (χ0) is 15.6. The number of carboxylic acids is 1. The average Bonchev–Trinajstić information content (AvgIpc) is 2.85. The van der Waals surface area contributed by atoms with Gasteiger partial charge < -0.3 is 10.4 Å². The van der Waals surface area contributed by atoms with Crippen LogP contribution in [0.25, 0.3) is 0 Å². The third-order valence-corrected chi connectivity index (χ3v) is 3.74. The van der Waals surface area contributed by atoms with E-state index in [1.54, 1.807) is 0 Å². The Labute approximate surface area is 122 Å². The number of amides is 1. The molecule has 1 amide bonds. The second-order valence-electron chi connectivity index (χ2n) is 5.08. The number of hydrogen-bond donors (Lipinski definition) is 2. The van der Waals surface area contributed by atoms with Crippen molar-refractivity contribution < 1.29 is 14.7 Å². The van der Waals surface area contributed by atoms with Crippen molar-refractivity contribution in [3.8, 4) is 0 Å². The van der Waals surface area contributed by atoms with Gasteiger partial charge in [0, 0.05) is 24.2 Å². The number of rotatable bonds is 5. The average molecular weight is 293 g/mol. The number of nitrogens with zero attached hydrogens (tertiary/aromatic N) is 2. The number of carbonyl (C=O) groups is 2. The summed E-state index contributed by atoms with van der Waals surface area (Å²) in [5, 5.41) is 11.8. The Morgan fingerprint density at radius 3 is 2.57 bits per heavy atom. The lowest BCUT2D eigenvalue weighted by molar-refractivity contribution is -0.136. The third kappa shape index (κ3) is 2.96. The Balaban J connectivity index is 2.61. The van der Waals surface area contributed by atoms with Crippen LogP contribution in [-0.4, -0.2) is 33.1 Å². The summed E-state index contributed by atoms with van der Waals surface area (Å²) < 4.78 is 1.50. The molecule has 0 spiro atoms. The topological polar surface area (TPSA) is 101 Å². The molecular formula is C14H19N3O4. The van der Waals surface area contributed by atoms with E-state index in [0.29, 0.717) is 36.3 Å². The first-order valence-electron chi connectivity index (χ1n) is 7.09. The van der Waals surface area contributed by atoms with Gasteiger partial charge in [0.25, 0.3) is 0 Å². The lowest BCUT2D eigenvalue weighted by atomic mass is 10.0. The molecule has 0 radical (unpaired) electrons. The van der Waals surface area contributed by atoms with Gasteiger partial charge in [-0.1, -0.05) is 13.8 Å². The van der Waals surface area contributed by atoms with Gasteiger partial charge in [-0.2, -0.15) is 4.98 Å². The van der Waals surface area contributed by atoms with Gasteiger partial charge >= 0.3 is 11.7 Å². The van der Waals surface area contributed by atoms with Crippen LogP contribution in [-0.2, 0) is 28.9 Å². The molecule has 1 aromatic heterocycles. The normalized spacial score (nSPS) is 17.8. The van der Waals surface area contributed by atoms with E-state index in [-0.39, 0.29) is 24.8 Å². The van der Waals surface area contributed by atoms with Crippen LogP contribution in [0.3, 0.4) is 0 Å². The second kappa shape index (κ2) is 6.07. The number of aliphatic carboxylic acids is 1. The molecule has 7 heteroatoms. The molecule has 21 heavy (non-hydrogen) atoms. The van der Waals surface area contributed by atoms with Crippen molar-refractivity contribution >= 4 is 11.9 Å². The predicted octanol–water partition coefficient (Wildman–Crippen LogP) is 0.0562. The van der Waals surface area contributed by atoms with Crippen molar-refractivity contribution in [1.29, 1.82) is 0 Å². The van der Waals surface area contributed by atoms with Gasteiger partial charge in [-0.3, -0.25) is 14.2 Å². The van der Waals surface area contributed by atoms with Crippen LogP contribution in [0.2, 0.25) is 0 Å². The zero-order valence-corrected chi connectivity index (χ0v) is 12.2. The Bertz CT molecular complexity index is 636. The van der Waals surface area contributed by atoms with Crippen LogP contribution < -0.4 is 11.0 Å². The molecule has 0 aliphatic carbocycles. The molecule has 2 heterocycles. The van der Waals surface area contributed by atoms with E-state index in [9.17, 15) is 14.4 Å². The maximum absolute atomic E-state index is 12.3. The summed E-state index contributed by atoms with van der Waals surface area (Å²) in [6.45, 7) is 4.10. The van der Waals surface area contributed by atoms with Crippen LogP contribution in [0.15, 0.2) is 4.79 Å². The largest absolute Gasteiger partial charge is 0.481 e. The maximum atomic E-state index is 12.3. The Hall–Kier alpha value is -2.18. The standard InChI is InChI=1S/C14H19N3O4/c1-3-10-9(6-13(19)20)11(4-2)17(14(21)16-10)8-5-12(18)15-7-8/h8H,3-7H2,1-2H3,(H,15,18)(H,19,20). The molecule has 1 atom stereocenters. The zero-order valence-electron chi connectivity index (χ0n) is 12.2. The van der Waals surface area contributed by atoms with Crippen LogP contribution in [0.5, 0.6) is 0 Å². The molecule has 114 valence electrons. The number of aromatic nitrogens is 2. The fourth-order valence-electron chi connectivity index (χ4n) is 2.84. The lowest BCUT2D eigenvalue weighted by Crippen LogP contribution is -2.34. The second-order valence-corrected chi connectivity index (χ2v) is 5.08. The number of carboxylic acid groups (broad SMARTS) is 1. The first-order valence-corrected chi connectivity index (χ1v) is 7.09. The molecule has 2 rings (SSSR count). The minimum Gasteiger partial charge on any atom is -0.481 e. The minimum absolute atomic E-state index is 0.103. The molecular weight excluding hydrogens is 274 g/mol. The first-order chi connectivity index (χ1) is 9.97. The lowest BCUT2D eigenvalue weighted by Gasteiger charge is -2.21. The fourth-order valence-corrected chi connectivity index (χ4v) is 2.84. The monoisotopic (exact) mass is 293 g/mol. The van der Waals surface area contributed by atoms with Gasteiger partial charge in [0.05, 0.1) is 18.2 Å². The smallest absolute Gasteiger partial charge is 0.348 e. The van der Waals surface area contributed by atoms with Crippen LogP contribution in [0.4, 0.5) is 0 Å². The molecule has 0 aromatic carbocycles. The summed E-state index contributed by atoms with van der Waals surface area (Å²) in [6, 6.07) is -0.286. The fraction of sp³-hybridized carbons (Fsp3) is 0.571. The number of carbonyl (C=O) groups excluding carboxylic acids is 1.